The molecule has 1 aliphatic heterocycles. The van der Waals surface area contributed by atoms with Gasteiger partial charge in [-0.3, -0.25) is 9.59 Å². The first-order valence-corrected chi connectivity index (χ1v) is 6.21. The third kappa shape index (κ3) is 2.20. The molecule has 1 N–H and O–H groups in total. The Hall–Kier alpha value is -1.91. The summed E-state index contributed by atoms with van der Waals surface area (Å²) in [5, 5.41) is 2.78. The number of rotatable bonds is 2. The van der Waals surface area contributed by atoms with Crippen LogP contribution in [0.25, 0.3) is 0 Å². The lowest BCUT2D eigenvalue weighted by Crippen LogP contribution is -2.62. The van der Waals surface area contributed by atoms with Crippen LogP contribution >= 0.6 is 0 Å². The second-order valence-corrected chi connectivity index (χ2v) is 5.16. The SMILES string of the molecule is CC(=O)c1c(F)cccc1N1CCNC(=O)C1(C)C. The Kier molecular flexibility index (Phi) is 3.30. The molecule has 5 heteroatoms. The van der Waals surface area contributed by atoms with Gasteiger partial charge in [-0.1, -0.05) is 6.07 Å². The number of nitrogens with one attached hydrogen (secondary N) is 1. The van der Waals surface area contributed by atoms with Gasteiger partial charge >= 0.3 is 0 Å². The zero-order chi connectivity index (χ0) is 14.2. The van der Waals surface area contributed by atoms with Crippen LogP contribution in [-0.2, 0) is 4.79 Å². The predicted molar refractivity (Wildman–Crippen MR) is 70.8 cm³/mol. The minimum Gasteiger partial charge on any atom is -0.355 e. The van der Waals surface area contributed by atoms with Crippen LogP contribution in [0.1, 0.15) is 31.1 Å². The molecule has 2 rings (SSSR count). The summed E-state index contributed by atoms with van der Waals surface area (Å²) in [5.41, 5.74) is -0.284. The van der Waals surface area contributed by atoms with Crippen molar-refractivity contribution in [1.29, 1.82) is 0 Å². The van der Waals surface area contributed by atoms with Crippen molar-refractivity contribution in [2.45, 2.75) is 26.3 Å². The number of Topliss-reactive ketones (excluding diaryl/α,β-unsaturated/α-hetero) is 1. The van der Waals surface area contributed by atoms with E-state index in [-0.39, 0.29) is 17.3 Å². The van der Waals surface area contributed by atoms with Gasteiger partial charge in [-0.15, -0.1) is 0 Å². The van der Waals surface area contributed by atoms with Crippen LogP contribution in [0.15, 0.2) is 18.2 Å². The van der Waals surface area contributed by atoms with Crippen LogP contribution in [-0.4, -0.2) is 30.3 Å². The van der Waals surface area contributed by atoms with Gasteiger partial charge in [0, 0.05) is 13.1 Å². The van der Waals surface area contributed by atoms with E-state index in [0.717, 1.165) is 0 Å². The van der Waals surface area contributed by atoms with E-state index in [1.165, 1.54) is 13.0 Å². The number of nitrogens with zero attached hydrogens (tertiary/aromatic N) is 1. The molecule has 0 saturated carbocycles. The lowest BCUT2D eigenvalue weighted by atomic mass is 9.95. The van der Waals surface area contributed by atoms with Crippen molar-refractivity contribution in [1.82, 2.24) is 5.32 Å². The van der Waals surface area contributed by atoms with Gasteiger partial charge < -0.3 is 10.2 Å². The largest absolute Gasteiger partial charge is 0.355 e. The first kappa shape index (κ1) is 13.5. The Morgan fingerprint density at radius 3 is 2.74 bits per heavy atom. The molecule has 1 heterocycles. The first-order valence-electron chi connectivity index (χ1n) is 6.21. The fourth-order valence-corrected chi connectivity index (χ4v) is 2.41. The summed E-state index contributed by atoms with van der Waals surface area (Å²) in [6, 6.07) is 4.50. The van der Waals surface area contributed by atoms with Gasteiger partial charge in [0.1, 0.15) is 11.4 Å². The van der Waals surface area contributed by atoms with E-state index in [1.54, 1.807) is 30.9 Å². The molecular formula is C14H17FN2O2. The Morgan fingerprint density at radius 2 is 2.11 bits per heavy atom. The molecule has 0 aliphatic carbocycles. The van der Waals surface area contributed by atoms with Gasteiger partial charge in [0.25, 0.3) is 0 Å². The van der Waals surface area contributed by atoms with E-state index in [1.807, 2.05) is 0 Å². The zero-order valence-corrected chi connectivity index (χ0v) is 11.3. The second-order valence-electron chi connectivity index (χ2n) is 5.16. The molecule has 1 aliphatic rings. The average Bonchev–Trinajstić information content (AvgIpc) is 2.31. The fraction of sp³-hybridized carbons (Fsp3) is 0.429. The van der Waals surface area contributed by atoms with Gasteiger partial charge in [0.05, 0.1) is 11.3 Å². The Balaban J connectivity index is 2.55. The highest BCUT2D eigenvalue weighted by atomic mass is 19.1. The quantitative estimate of drug-likeness (QED) is 0.828. The third-order valence-corrected chi connectivity index (χ3v) is 3.49. The molecule has 1 saturated heterocycles. The molecule has 0 bridgehead atoms. The minimum absolute atomic E-state index is 0.0466. The Morgan fingerprint density at radius 1 is 1.42 bits per heavy atom. The summed E-state index contributed by atoms with van der Waals surface area (Å²) < 4.78 is 13.9. The van der Waals surface area contributed by atoms with Crippen molar-refractivity contribution in [2.75, 3.05) is 18.0 Å². The summed E-state index contributed by atoms with van der Waals surface area (Å²) >= 11 is 0. The lowest BCUT2D eigenvalue weighted by Gasteiger charge is -2.43. The van der Waals surface area contributed by atoms with Crippen molar-refractivity contribution >= 4 is 17.4 Å². The van der Waals surface area contributed by atoms with E-state index < -0.39 is 11.4 Å². The molecular weight excluding hydrogens is 247 g/mol. The molecule has 0 unspecified atom stereocenters. The molecule has 1 fully saturated rings. The summed E-state index contributed by atoms with van der Waals surface area (Å²) in [6.07, 6.45) is 0. The Bertz CT molecular complexity index is 540. The summed E-state index contributed by atoms with van der Waals surface area (Å²) in [5.74, 6) is -1.01. The number of carbonyl (C=O) groups excluding carboxylic acids is 2. The van der Waals surface area contributed by atoms with E-state index in [2.05, 4.69) is 5.32 Å². The number of hydrogen-bond acceptors (Lipinski definition) is 3. The molecule has 1 amide bonds. The molecule has 1 aromatic carbocycles. The van der Waals surface area contributed by atoms with Crippen molar-refractivity contribution in [3.63, 3.8) is 0 Å². The average molecular weight is 264 g/mol. The number of ketones is 1. The van der Waals surface area contributed by atoms with Gasteiger partial charge in [0.2, 0.25) is 5.91 Å². The van der Waals surface area contributed by atoms with Gasteiger partial charge in [-0.05, 0) is 32.9 Å². The zero-order valence-electron chi connectivity index (χ0n) is 11.3. The highest BCUT2D eigenvalue weighted by molar-refractivity contribution is 6.01. The van der Waals surface area contributed by atoms with Crippen molar-refractivity contribution in [2.24, 2.45) is 0 Å². The van der Waals surface area contributed by atoms with Gasteiger partial charge in [-0.25, -0.2) is 4.39 Å². The van der Waals surface area contributed by atoms with E-state index in [9.17, 15) is 14.0 Å². The lowest BCUT2D eigenvalue weighted by molar-refractivity contribution is -0.126. The monoisotopic (exact) mass is 264 g/mol. The highest BCUT2D eigenvalue weighted by Crippen LogP contribution is 2.30. The van der Waals surface area contributed by atoms with Crippen LogP contribution < -0.4 is 10.2 Å². The van der Waals surface area contributed by atoms with Crippen molar-refractivity contribution in [3.8, 4) is 0 Å². The number of halogens is 1. The van der Waals surface area contributed by atoms with E-state index in [0.29, 0.717) is 18.8 Å². The Labute approximate surface area is 111 Å². The summed E-state index contributed by atoms with van der Waals surface area (Å²) in [6.45, 7) is 5.88. The molecule has 0 atom stereocenters. The number of carbonyl (C=O) groups is 2. The van der Waals surface area contributed by atoms with Gasteiger partial charge in [0.15, 0.2) is 5.78 Å². The number of amides is 1. The maximum Gasteiger partial charge on any atom is 0.245 e. The minimum atomic E-state index is -0.809. The molecule has 0 aromatic heterocycles. The van der Waals surface area contributed by atoms with Crippen LogP contribution in [0.2, 0.25) is 0 Å². The molecule has 4 nitrogen and oxygen atoms in total. The predicted octanol–water partition coefficient (Wildman–Crippen LogP) is 1.74. The summed E-state index contributed by atoms with van der Waals surface area (Å²) in [7, 11) is 0. The normalized spacial score (nSPS) is 18.1. The molecule has 0 spiro atoms. The molecule has 1 aromatic rings. The molecule has 19 heavy (non-hydrogen) atoms. The van der Waals surface area contributed by atoms with Crippen molar-refractivity contribution < 1.29 is 14.0 Å². The van der Waals surface area contributed by atoms with E-state index >= 15 is 0 Å². The second kappa shape index (κ2) is 4.64. The van der Waals surface area contributed by atoms with Crippen LogP contribution in [0.3, 0.4) is 0 Å². The van der Waals surface area contributed by atoms with Crippen molar-refractivity contribution in [3.05, 3.63) is 29.6 Å². The van der Waals surface area contributed by atoms with Crippen LogP contribution in [0.4, 0.5) is 10.1 Å². The number of piperazine rings is 1. The maximum absolute atomic E-state index is 13.9. The highest BCUT2D eigenvalue weighted by Gasteiger charge is 2.39. The van der Waals surface area contributed by atoms with Gasteiger partial charge in [-0.2, -0.15) is 0 Å². The number of hydrogen-bond donors (Lipinski definition) is 1. The molecule has 102 valence electrons. The number of benzene rings is 1. The molecule has 0 radical (unpaired) electrons. The standard InChI is InChI=1S/C14H17FN2O2/c1-9(18)12-10(15)5-4-6-11(12)17-8-7-16-13(19)14(17,2)3/h4-6H,7-8H2,1-3H3,(H,16,19). The smallest absolute Gasteiger partial charge is 0.245 e. The van der Waals surface area contributed by atoms with Crippen LogP contribution in [0, 0.1) is 5.82 Å². The topological polar surface area (TPSA) is 49.4 Å². The third-order valence-electron chi connectivity index (χ3n) is 3.49. The fourth-order valence-electron chi connectivity index (χ4n) is 2.41. The first-order chi connectivity index (χ1) is 8.85. The number of anilines is 1. The maximum atomic E-state index is 13.9. The summed E-state index contributed by atoms with van der Waals surface area (Å²) in [4.78, 5) is 25.4. The van der Waals surface area contributed by atoms with Crippen LogP contribution in [0.5, 0.6) is 0 Å². The van der Waals surface area contributed by atoms with E-state index in [4.69, 9.17) is 0 Å².